The van der Waals surface area contributed by atoms with Crippen molar-refractivity contribution in [1.29, 1.82) is 0 Å². The Hall–Kier alpha value is -2.15. The van der Waals surface area contributed by atoms with E-state index in [4.69, 9.17) is 0 Å². The number of hydrogen-bond acceptors (Lipinski definition) is 4. The number of nitrogens with one attached hydrogen (secondary N) is 2. The summed E-state index contributed by atoms with van der Waals surface area (Å²) in [4.78, 5) is 26.7. The summed E-state index contributed by atoms with van der Waals surface area (Å²) in [5.74, 6) is 0.747. The molecule has 1 amide bonds. The summed E-state index contributed by atoms with van der Waals surface area (Å²) in [6, 6.07) is 7.01. The lowest BCUT2D eigenvalue weighted by Gasteiger charge is -2.37. The van der Waals surface area contributed by atoms with Crippen LogP contribution in [-0.4, -0.2) is 49.1 Å². The van der Waals surface area contributed by atoms with Gasteiger partial charge in [-0.2, -0.15) is 0 Å². The molecule has 0 bridgehead atoms. The summed E-state index contributed by atoms with van der Waals surface area (Å²) < 4.78 is 0. The van der Waals surface area contributed by atoms with Gasteiger partial charge in [0.15, 0.2) is 6.04 Å². The molecule has 148 valence electrons. The standard InChI is InChI=1S/C20H30N4O3/c1-15-5-3-4-6-19(15)21-20(25)16(2)22-11-13-23(14-12-22)17-7-9-18(10-8-17)24(26)27/h7-10,15-16,19H,3-6,11-14H2,1-2H3,(H,21,25)/p+1/t15-,16-,19-/m1/s1. The largest absolute Gasteiger partial charge is 0.360 e. The number of non-ortho nitro benzene ring substituents is 1. The lowest BCUT2D eigenvalue weighted by Crippen LogP contribution is -3.19. The molecule has 1 aliphatic heterocycles. The highest BCUT2D eigenvalue weighted by Crippen LogP contribution is 2.23. The van der Waals surface area contributed by atoms with Crippen LogP contribution < -0.4 is 15.1 Å². The molecule has 3 rings (SSSR count). The molecule has 0 aromatic heterocycles. The number of carbonyl (C=O) groups excluding carboxylic acids is 1. The van der Waals surface area contributed by atoms with Crippen LogP contribution in [-0.2, 0) is 4.79 Å². The van der Waals surface area contributed by atoms with Crippen LogP contribution in [0, 0.1) is 16.0 Å². The first-order valence-corrected chi connectivity index (χ1v) is 10.1. The van der Waals surface area contributed by atoms with Crippen molar-refractivity contribution in [3.63, 3.8) is 0 Å². The Balaban J connectivity index is 1.50. The second kappa shape index (κ2) is 8.69. The van der Waals surface area contributed by atoms with Crippen molar-refractivity contribution in [3.8, 4) is 0 Å². The number of amides is 1. The Morgan fingerprint density at radius 1 is 1.22 bits per heavy atom. The predicted molar refractivity (Wildman–Crippen MR) is 105 cm³/mol. The minimum atomic E-state index is -0.376. The first-order valence-electron chi connectivity index (χ1n) is 10.1. The molecule has 0 radical (unpaired) electrons. The van der Waals surface area contributed by atoms with Crippen molar-refractivity contribution in [2.45, 2.75) is 51.6 Å². The lowest BCUT2D eigenvalue weighted by molar-refractivity contribution is -0.914. The van der Waals surface area contributed by atoms with Crippen LogP contribution in [0.3, 0.4) is 0 Å². The topological polar surface area (TPSA) is 79.9 Å². The third-order valence-electron chi connectivity index (χ3n) is 6.28. The van der Waals surface area contributed by atoms with E-state index in [9.17, 15) is 14.9 Å². The zero-order valence-electron chi connectivity index (χ0n) is 16.3. The van der Waals surface area contributed by atoms with Gasteiger partial charge in [0.1, 0.15) is 0 Å². The van der Waals surface area contributed by atoms with Crippen LogP contribution in [0.1, 0.15) is 39.5 Å². The van der Waals surface area contributed by atoms with E-state index in [0.717, 1.165) is 38.3 Å². The molecule has 1 aromatic carbocycles. The summed E-state index contributed by atoms with van der Waals surface area (Å²) >= 11 is 0. The zero-order chi connectivity index (χ0) is 19.4. The summed E-state index contributed by atoms with van der Waals surface area (Å²) in [6.07, 6.45) is 4.80. The first kappa shape index (κ1) is 19.6. The second-order valence-electron chi connectivity index (χ2n) is 8.02. The Labute approximate surface area is 160 Å². The monoisotopic (exact) mass is 375 g/mol. The van der Waals surface area contributed by atoms with Gasteiger partial charge in [-0.1, -0.05) is 19.8 Å². The molecule has 1 aromatic rings. The molecule has 2 N–H and O–H groups in total. The number of nitro groups is 1. The molecule has 27 heavy (non-hydrogen) atoms. The van der Waals surface area contributed by atoms with Crippen molar-refractivity contribution in [1.82, 2.24) is 5.32 Å². The predicted octanol–water partition coefficient (Wildman–Crippen LogP) is 1.38. The minimum Gasteiger partial charge on any atom is -0.360 e. The molecule has 0 spiro atoms. The van der Waals surface area contributed by atoms with Gasteiger partial charge in [-0.05, 0) is 37.8 Å². The average molecular weight is 375 g/mol. The molecular weight excluding hydrogens is 344 g/mol. The smallest absolute Gasteiger partial charge is 0.278 e. The van der Waals surface area contributed by atoms with Crippen LogP contribution in [0.15, 0.2) is 24.3 Å². The van der Waals surface area contributed by atoms with Gasteiger partial charge in [-0.25, -0.2) is 0 Å². The maximum Gasteiger partial charge on any atom is 0.278 e. The fourth-order valence-corrected chi connectivity index (χ4v) is 4.29. The van der Waals surface area contributed by atoms with Crippen molar-refractivity contribution >= 4 is 17.3 Å². The normalized spacial score (nSPS) is 25.0. The number of benzene rings is 1. The van der Waals surface area contributed by atoms with E-state index in [1.807, 2.05) is 19.1 Å². The van der Waals surface area contributed by atoms with E-state index in [2.05, 4.69) is 17.1 Å². The number of rotatable bonds is 5. The molecule has 1 heterocycles. The molecule has 7 nitrogen and oxygen atoms in total. The number of nitrogens with zero attached hydrogens (tertiary/aromatic N) is 2. The fraction of sp³-hybridized carbons (Fsp3) is 0.650. The van der Waals surface area contributed by atoms with Gasteiger partial charge < -0.3 is 15.1 Å². The number of carbonyl (C=O) groups is 1. The van der Waals surface area contributed by atoms with E-state index in [1.54, 1.807) is 12.1 Å². The van der Waals surface area contributed by atoms with E-state index >= 15 is 0 Å². The summed E-state index contributed by atoms with van der Waals surface area (Å²) in [5.41, 5.74) is 1.12. The van der Waals surface area contributed by atoms with E-state index in [-0.39, 0.29) is 22.6 Å². The Morgan fingerprint density at radius 3 is 2.44 bits per heavy atom. The molecular formula is C20H31N4O3+. The van der Waals surface area contributed by atoms with Crippen LogP contribution >= 0.6 is 0 Å². The average Bonchev–Trinajstić information content (AvgIpc) is 2.69. The molecule has 1 saturated carbocycles. The van der Waals surface area contributed by atoms with Gasteiger partial charge in [0.25, 0.3) is 11.6 Å². The molecule has 0 unspecified atom stereocenters. The molecule has 2 fully saturated rings. The summed E-state index contributed by atoms with van der Waals surface area (Å²) in [5, 5.41) is 14.1. The summed E-state index contributed by atoms with van der Waals surface area (Å²) in [7, 11) is 0. The Morgan fingerprint density at radius 2 is 1.85 bits per heavy atom. The highest BCUT2D eigenvalue weighted by atomic mass is 16.6. The SMILES string of the molecule is C[C@@H]1CCCC[C@H]1NC(=O)[C@@H](C)[NH+]1CCN(c2ccc([N+](=O)[O-])cc2)CC1. The van der Waals surface area contributed by atoms with Gasteiger partial charge in [0.05, 0.1) is 31.1 Å². The van der Waals surface area contributed by atoms with Gasteiger partial charge >= 0.3 is 0 Å². The van der Waals surface area contributed by atoms with Crippen LogP contribution in [0.5, 0.6) is 0 Å². The quantitative estimate of drug-likeness (QED) is 0.602. The number of quaternary nitrogens is 1. The van der Waals surface area contributed by atoms with Crippen molar-refractivity contribution in [3.05, 3.63) is 34.4 Å². The number of hydrogen-bond donors (Lipinski definition) is 2. The third kappa shape index (κ3) is 4.77. The van der Waals surface area contributed by atoms with Gasteiger partial charge in [-0.3, -0.25) is 14.9 Å². The summed E-state index contributed by atoms with van der Waals surface area (Å²) in [6.45, 7) is 7.76. The van der Waals surface area contributed by atoms with Gasteiger partial charge in [0, 0.05) is 23.9 Å². The van der Waals surface area contributed by atoms with E-state index < -0.39 is 0 Å². The highest BCUT2D eigenvalue weighted by molar-refractivity contribution is 5.80. The number of piperazine rings is 1. The molecule has 1 saturated heterocycles. The fourth-order valence-electron chi connectivity index (χ4n) is 4.29. The van der Waals surface area contributed by atoms with Crippen molar-refractivity contribution < 1.29 is 14.6 Å². The van der Waals surface area contributed by atoms with Crippen LogP contribution in [0.4, 0.5) is 11.4 Å². The number of nitro benzene ring substituents is 1. The molecule has 1 aliphatic carbocycles. The van der Waals surface area contributed by atoms with E-state index in [1.165, 1.54) is 24.2 Å². The van der Waals surface area contributed by atoms with Crippen LogP contribution in [0.25, 0.3) is 0 Å². The Kier molecular flexibility index (Phi) is 6.31. The highest BCUT2D eigenvalue weighted by Gasteiger charge is 2.32. The zero-order valence-corrected chi connectivity index (χ0v) is 16.3. The second-order valence-corrected chi connectivity index (χ2v) is 8.02. The third-order valence-corrected chi connectivity index (χ3v) is 6.28. The maximum absolute atomic E-state index is 12.7. The molecule has 3 atom stereocenters. The molecule has 2 aliphatic rings. The van der Waals surface area contributed by atoms with Crippen molar-refractivity contribution in [2.75, 3.05) is 31.1 Å². The van der Waals surface area contributed by atoms with Gasteiger partial charge in [-0.15, -0.1) is 0 Å². The maximum atomic E-state index is 12.7. The van der Waals surface area contributed by atoms with Crippen LogP contribution in [0.2, 0.25) is 0 Å². The van der Waals surface area contributed by atoms with Gasteiger partial charge in [0.2, 0.25) is 0 Å². The number of anilines is 1. The Bertz CT molecular complexity index is 656. The first-order chi connectivity index (χ1) is 13.0. The van der Waals surface area contributed by atoms with Crippen molar-refractivity contribution in [2.24, 2.45) is 5.92 Å². The lowest BCUT2D eigenvalue weighted by atomic mass is 9.86. The van der Waals surface area contributed by atoms with E-state index in [0.29, 0.717) is 12.0 Å². The minimum absolute atomic E-state index is 0.0434. The molecule has 7 heteroatoms.